The molecule has 1 N–H and O–H groups in total. The number of amides is 2. The highest BCUT2D eigenvalue weighted by atomic mass is 16.5. The molecule has 1 fully saturated rings. The summed E-state index contributed by atoms with van der Waals surface area (Å²) in [6, 6.07) is 7.65. The van der Waals surface area contributed by atoms with Crippen LogP contribution in [0.25, 0.3) is 0 Å². The quantitative estimate of drug-likeness (QED) is 0.791. The van der Waals surface area contributed by atoms with Crippen molar-refractivity contribution in [1.29, 1.82) is 0 Å². The lowest BCUT2D eigenvalue weighted by atomic mass is 10.0. The van der Waals surface area contributed by atoms with Gasteiger partial charge in [-0.15, -0.1) is 0 Å². The van der Waals surface area contributed by atoms with Gasteiger partial charge in [0, 0.05) is 38.4 Å². The van der Waals surface area contributed by atoms with E-state index in [0.717, 1.165) is 30.8 Å². The first-order valence-electron chi connectivity index (χ1n) is 11.0. The third-order valence-corrected chi connectivity index (χ3v) is 6.03. The number of hydrogen-bond acceptors (Lipinski definition) is 5. The Kier molecular flexibility index (Phi) is 6.27. The fraction of sp³-hybridized carbons (Fsp3) is 0.522. The number of carbonyl (C=O) groups is 2. The number of carbonyl (C=O) groups excluding carboxylic acids is 2. The Labute approximate surface area is 183 Å². The summed E-state index contributed by atoms with van der Waals surface area (Å²) in [5.74, 6) is 0.754. The Hall–Kier alpha value is -2.87. The lowest BCUT2D eigenvalue weighted by Crippen LogP contribution is -2.58. The van der Waals surface area contributed by atoms with Crippen LogP contribution < -0.4 is 10.1 Å². The molecule has 1 aromatic heterocycles. The van der Waals surface area contributed by atoms with Crippen LogP contribution in [0.15, 0.2) is 30.5 Å². The summed E-state index contributed by atoms with van der Waals surface area (Å²) in [6.45, 7) is 6.85. The van der Waals surface area contributed by atoms with E-state index in [4.69, 9.17) is 4.74 Å². The van der Waals surface area contributed by atoms with Gasteiger partial charge in [0.1, 0.15) is 17.5 Å². The summed E-state index contributed by atoms with van der Waals surface area (Å²) in [5, 5.41) is 7.43. The number of aromatic nitrogens is 2. The Morgan fingerprint density at radius 1 is 1.26 bits per heavy atom. The highest BCUT2D eigenvalue weighted by molar-refractivity contribution is 5.93. The van der Waals surface area contributed by atoms with E-state index in [9.17, 15) is 9.59 Å². The Bertz CT molecular complexity index is 954. The zero-order chi connectivity index (χ0) is 22.0. The molecule has 0 bridgehead atoms. The van der Waals surface area contributed by atoms with Crippen molar-refractivity contribution in [2.45, 2.75) is 45.3 Å². The van der Waals surface area contributed by atoms with Gasteiger partial charge in [0.2, 0.25) is 5.91 Å². The fourth-order valence-corrected chi connectivity index (χ4v) is 4.07. The van der Waals surface area contributed by atoms with Gasteiger partial charge in [0.15, 0.2) is 0 Å². The molecule has 2 amide bonds. The summed E-state index contributed by atoms with van der Waals surface area (Å²) >= 11 is 0. The van der Waals surface area contributed by atoms with Gasteiger partial charge in [-0.2, -0.15) is 5.10 Å². The summed E-state index contributed by atoms with van der Waals surface area (Å²) in [4.78, 5) is 29.6. The number of fused-ring (bicyclic) bond motifs is 1. The number of hydrogen-bond donors (Lipinski definition) is 1. The molecular weight excluding hydrogens is 394 g/mol. The smallest absolute Gasteiger partial charge is 0.274 e. The second kappa shape index (κ2) is 9.09. The van der Waals surface area contributed by atoms with Crippen LogP contribution in [-0.4, -0.2) is 70.7 Å². The molecule has 8 nitrogen and oxygen atoms in total. The van der Waals surface area contributed by atoms with E-state index in [1.807, 2.05) is 44.1 Å². The van der Waals surface area contributed by atoms with Crippen molar-refractivity contribution in [2.75, 3.05) is 33.3 Å². The number of rotatable bonds is 5. The number of benzene rings is 1. The molecular formula is C23H31N5O3. The normalized spacial score (nSPS) is 19.1. The standard InChI is InChI=1S/C23H31N5O3/c1-16(2)28-9-8-19(25-28)23(30)27-11-10-26(3)20(15-27)22(29)24-14-17-6-7-21-18(13-17)5-4-12-31-21/h6-9,13,16,20H,4-5,10-12,14-15H2,1-3H3,(H,24,29). The van der Waals surface area contributed by atoms with Crippen LogP contribution in [0.5, 0.6) is 5.75 Å². The van der Waals surface area contributed by atoms with E-state index in [1.54, 1.807) is 15.6 Å². The minimum Gasteiger partial charge on any atom is -0.493 e. The van der Waals surface area contributed by atoms with Gasteiger partial charge in [-0.05, 0) is 57.0 Å². The minimum atomic E-state index is -0.383. The highest BCUT2D eigenvalue weighted by Gasteiger charge is 2.33. The summed E-state index contributed by atoms with van der Waals surface area (Å²) in [5.41, 5.74) is 2.68. The predicted octanol–water partition coefficient (Wildman–Crippen LogP) is 1.86. The zero-order valence-corrected chi connectivity index (χ0v) is 18.5. The summed E-state index contributed by atoms with van der Waals surface area (Å²) in [6.07, 6.45) is 3.85. The van der Waals surface area contributed by atoms with Gasteiger partial charge in [-0.3, -0.25) is 19.2 Å². The zero-order valence-electron chi connectivity index (χ0n) is 18.5. The minimum absolute atomic E-state index is 0.0679. The van der Waals surface area contributed by atoms with Crippen LogP contribution in [0.3, 0.4) is 0 Å². The van der Waals surface area contributed by atoms with E-state index in [-0.39, 0.29) is 23.9 Å². The largest absolute Gasteiger partial charge is 0.493 e. The second-order valence-corrected chi connectivity index (χ2v) is 8.63. The van der Waals surface area contributed by atoms with E-state index >= 15 is 0 Å². The summed E-state index contributed by atoms with van der Waals surface area (Å²) in [7, 11) is 1.93. The van der Waals surface area contributed by atoms with E-state index in [2.05, 4.69) is 16.5 Å². The second-order valence-electron chi connectivity index (χ2n) is 8.63. The average molecular weight is 426 g/mol. The number of nitrogens with zero attached hydrogens (tertiary/aromatic N) is 4. The maximum atomic E-state index is 12.9. The fourth-order valence-electron chi connectivity index (χ4n) is 4.07. The molecule has 0 spiro atoms. The van der Waals surface area contributed by atoms with Gasteiger partial charge in [-0.1, -0.05) is 12.1 Å². The van der Waals surface area contributed by atoms with Crippen molar-refractivity contribution < 1.29 is 14.3 Å². The lowest BCUT2D eigenvalue weighted by molar-refractivity contribution is -0.127. The highest BCUT2D eigenvalue weighted by Crippen LogP contribution is 2.25. The number of piperazine rings is 1. The average Bonchev–Trinajstić information content (AvgIpc) is 3.28. The molecule has 1 aromatic carbocycles. The molecule has 1 saturated heterocycles. The van der Waals surface area contributed by atoms with Crippen molar-refractivity contribution in [3.8, 4) is 5.75 Å². The van der Waals surface area contributed by atoms with Gasteiger partial charge in [-0.25, -0.2) is 0 Å². The molecule has 1 unspecified atom stereocenters. The molecule has 166 valence electrons. The first-order chi connectivity index (χ1) is 14.9. The first kappa shape index (κ1) is 21.4. The van der Waals surface area contributed by atoms with Crippen LogP contribution in [0.1, 0.15) is 47.9 Å². The monoisotopic (exact) mass is 425 g/mol. The molecule has 2 aliphatic rings. The van der Waals surface area contributed by atoms with Gasteiger partial charge in [0.05, 0.1) is 6.61 Å². The maximum absolute atomic E-state index is 12.9. The van der Waals surface area contributed by atoms with Crippen LogP contribution in [0.4, 0.5) is 0 Å². The van der Waals surface area contributed by atoms with Crippen molar-refractivity contribution in [3.05, 3.63) is 47.3 Å². The molecule has 0 aliphatic carbocycles. The van der Waals surface area contributed by atoms with Crippen LogP contribution in [0.2, 0.25) is 0 Å². The maximum Gasteiger partial charge on any atom is 0.274 e. The Morgan fingerprint density at radius 3 is 2.87 bits per heavy atom. The number of likely N-dealkylation sites (N-methyl/N-ethyl adjacent to an activating group) is 1. The van der Waals surface area contributed by atoms with Crippen LogP contribution >= 0.6 is 0 Å². The van der Waals surface area contributed by atoms with Gasteiger partial charge < -0.3 is 15.0 Å². The number of ether oxygens (including phenoxy) is 1. The number of nitrogens with one attached hydrogen (secondary N) is 1. The number of aryl methyl sites for hydroxylation is 1. The predicted molar refractivity (Wildman–Crippen MR) is 117 cm³/mol. The third-order valence-electron chi connectivity index (χ3n) is 6.03. The van der Waals surface area contributed by atoms with Crippen molar-refractivity contribution in [3.63, 3.8) is 0 Å². The molecule has 2 aliphatic heterocycles. The molecule has 1 atom stereocenters. The molecule has 3 heterocycles. The topological polar surface area (TPSA) is 79.7 Å². The van der Waals surface area contributed by atoms with Crippen molar-refractivity contribution >= 4 is 11.8 Å². The first-order valence-corrected chi connectivity index (χ1v) is 11.0. The van der Waals surface area contributed by atoms with E-state index in [0.29, 0.717) is 31.9 Å². The lowest BCUT2D eigenvalue weighted by Gasteiger charge is -2.38. The Morgan fingerprint density at radius 2 is 2.10 bits per heavy atom. The summed E-state index contributed by atoms with van der Waals surface area (Å²) < 4.78 is 7.44. The molecule has 4 rings (SSSR count). The SMILES string of the molecule is CC(C)n1ccc(C(=O)N2CCN(C)C(C(=O)NCc3ccc4c(c3)CCCO4)C2)n1. The van der Waals surface area contributed by atoms with Crippen LogP contribution in [0, 0.1) is 0 Å². The Balaban J connectivity index is 1.37. The molecule has 8 heteroatoms. The van der Waals surface area contributed by atoms with Gasteiger partial charge >= 0.3 is 0 Å². The van der Waals surface area contributed by atoms with E-state index in [1.165, 1.54) is 5.56 Å². The molecule has 31 heavy (non-hydrogen) atoms. The van der Waals surface area contributed by atoms with Gasteiger partial charge in [0.25, 0.3) is 5.91 Å². The molecule has 0 radical (unpaired) electrons. The third kappa shape index (κ3) is 4.74. The molecule has 0 saturated carbocycles. The van der Waals surface area contributed by atoms with Crippen molar-refractivity contribution in [1.82, 2.24) is 24.9 Å². The molecule has 2 aromatic rings. The van der Waals surface area contributed by atoms with Crippen LogP contribution in [-0.2, 0) is 17.8 Å². The van der Waals surface area contributed by atoms with Crippen molar-refractivity contribution in [2.24, 2.45) is 0 Å². The van der Waals surface area contributed by atoms with E-state index < -0.39 is 0 Å².